The first-order chi connectivity index (χ1) is 16.5. The Morgan fingerprint density at radius 1 is 1.26 bits per heavy atom. The summed E-state index contributed by atoms with van der Waals surface area (Å²) in [6, 6.07) is 6.11. The Bertz CT molecular complexity index is 1110. The van der Waals surface area contributed by atoms with Gasteiger partial charge in [-0.1, -0.05) is 28.6 Å². The van der Waals surface area contributed by atoms with E-state index in [0.717, 1.165) is 4.88 Å². The molecule has 0 unspecified atom stereocenters. The molecule has 184 valence electrons. The molecule has 10 nitrogen and oxygen atoms in total. The minimum absolute atomic E-state index is 0.0122. The topological polar surface area (TPSA) is 136 Å². The second-order valence-electron chi connectivity index (χ2n) is 8.02. The summed E-state index contributed by atoms with van der Waals surface area (Å²) in [5, 5.41) is 15.7. The molecular formula is C22H27N3O7S2. The summed E-state index contributed by atoms with van der Waals surface area (Å²) >= 11 is 1.27. The lowest BCUT2D eigenvalue weighted by Gasteiger charge is -2.10. The SMILES string of the molecule is O=C(Nc1ncc(COCCCO)s1)/C(=N/O[C@@H]1CCOC1)c1ccc(S(=O)(=O)C2CC2)cc1. The molecule has 2 heterocycles. The summed E-state index contributed by atoms with van der Waals surface area (Å²) in [6.07, 6.45) is 3.94. The second kappa shape index (κ2) is 11.4. The molecule has 1 aliphatic heterocycles. The molecule has 0 radical (unpaired) electrons. The van der Waals surface area contributed by atoms with Crippen LogP contribution in [0.3, 0.4) is 0 Å². The molecule has 1 amide bonds. The molecule has 1 atom stereocenters. The average Bonchev–Trinajstić information content (AvgIpc) is 3.41. The zero-order valence-electron chi connectivity index (χ0n) is 18.5. The van der Waals surface area contributed by atoms with E-state index in [1.807, 2.05) is 0 Å². The van der Waals surface area contributed by atoms with Gasteiger partial charge in [0, 0.05) is 31.4 Å². The van der Waals surface area contributed by atoms with Gasteiger partial charge in [-0.15, -0.1) is 0 Å². The molecule has 34 heavy (non-hydrogen) atoms. The van der Waals surface area contributed by atoms with Crippen LogP contribution in [-0.2, 0) is 35.5 Å². The van der Waals surface area contributed by atoms with E-state index in [1.54, 1.807) is 18.3 Å². The number of anilines is 1. The first-order valence-corrected chi connectivity index (χ1v) is 13.4. The minimum Gasteiger partial charge on any atom is -0.396 e. The van der Waals surface area contributed by atoms with Crippen molar-refractivity contribution in [2.75, 3.05) is 31.7 Å². The van der Waals surface area contributed by atoms with Crippen molar-refractivity contribution in [3.05, 3.63) is 40.9 Å². The van der Waals surface area contributed by atoms with Crippen molar-refractivity contribution in [1.82, 2.24) is 4.98 Å². The van der Waals surface area contributed by atoms with Gasteiger partial charge in [-0.05, 0) is 31.4 Å². The van der Waals surface area contributed by atoms with Crippen LogP contribution >= 0.6 is 11.3 Å². The summed E-state index contributed by atoms with van der Waals surface area (Å²) in [5.74, 6) is -0.529. The normalized spacial score (nSPS) is 18.7. The number of aliphatic hydroxyl groups excluding tert-OH is 1. The number of nitrogens with zero attached hydrogens (tertiary/aromatic N) is 2. The number of amides is 1. The third-order valence-electron chi connectivity index (χ3n) is 5.28. The number of ether oxygens (including phenoxy) is 2. The van der Waals surface area contributed by atoms with E-state index < -0.39 is 15.7 Å². The van der Waals surface area contributed by atoms with Crippen LogP contribution in [0.25, 0.3) is 0 Å². The number of hydrogen-bond acceptors (Lipinski definition) is 10. The van der Waals surface area contributed by atoms with Crippen LogP contribution in [0.5, 0.6) is 0 Å². The van der Waals surface area contributed by atoms with Crippen LogP contribution in [0.15, 0.2) is 40.5 Å². The molecule has 0 bridgehead atoms. The summed E-state index contributed by atoms with van der Waals surface area (Å²) in [7, 11) is -3.33. The number of rotatable bonds is 12. The molecule has 4 rings (SSSR count). The predicted molar refractivity (Wildman–Crippen MR) is 126 cm³/mol. The fraction of sp³-hybridized carbons (Fsp3) is 0.500. The Kier molecular flexibility index (Phi) is 8.27. The zero-order valence-corrected chi connectivity index (χ0v) is 20.1. The van der Waals surface area contributed by atoms with Gasteiger partial charge < -0.3 is 19.4 Å². The van der Waals surface area contributed by atoms with Crippen LogP contribution < -0.4 is 5.32 Å². The third-order valence-corrected chi connectivity index (χ3v) is 8.45. The second-order valence-corrected chi connectivity index (χ2v) is 11.4. The molecule has 0 spiro atoms. The molecule has 12 heteroatoms. The third kappa shape index (κ3) is 6.39. The molecule has 2 N–H and O–H groups in total. The van der Waals surface area contributed by atoms with Crippen LogP contribution in [0, 0.1) is 0 Å². The summed E-state index contributed by atoms with van der Waals surface area (Å²) < 4.78 is 35.7. The molecule has 2 fully saturated rings. The fourth-order valence-corrected chi connectivity index (χ4v) is 5.65. The van der Waals surface area contributed by atoms with Gasteiger partial charge in [-0.25, -0.2) is 13.4 Å². The zero-order chi connectivity index (χ0) is 24.0. The molecule has 1 saturated heterocycles. The maximum absolute atomic E-state index is 13.1. The minimum atomic E-state index is -3.33. The van der Waals surface area contributed by atoms with Crippen molar-refractivity contribution in [2.45, 2.75) is 48.5 Å². The summed E-state index contributed by atoms with van der Waals surface area (Å²) in [5.41, 5.74) is 0.438. The van der Waals surface area contributed by atoms with Crippen molar-refractivity contribution >= 4 is 37.9 Å². The molecular weight excluding hydrogens is 482 g/mol. The average molecular weight is 510 g/mol. The van der Waals surface area contributed by atoms with E-state index in [-0.39, 0.29) is 28.6 Å². The smallest absolute Gasteiger partial charge is 0.280 e. The maximum Gasteiger partial charge on any atom is 0.280 e. The first-order valence-electron chi connectivity index (χ1n) is 11.1. The number of benzene rings is 1. The Labute approximate surface area is 201 Å². The number of thiazole rings is 1. The predicted octanol–water partition coefficient (Wildman–Crippen LogP) is 2.13. The van der Waals surface area contributed by atoms with E-state index in [9.17, 15) is 13.2 Å². The van der Waals surface area contributed by atoms with Gasteiger partial charge in [0.1, 0.15) is 0 Å². The van der Waals surface area contributed by atoms with E-state index in [0.29, 0.717) is 62.8 Å². The molecule has 2 aromatic rings. The number of nitrogens with one attached hydrogen (secondary N) is 1. The number of aromatic nitrogens is 1. The van der Waals surface area contributed by atoms with Crippen LogP contribution in [0.2, 0.25) is 0 Å². The Hall–Kier alpha value is -2.38. The Morgan fingerprint density at radius 3 is 2.74 bits per heavy atom. The van der Waals surface area contributed by atoms with Crippen LogP contribution in [0.4, 0.5) is 5.13 Å². The molecule has 1 aromatic heterocycles. The highest BCUT2D eigenvalue weighted by molar-refractivity contribution is 7.92. The van der Waals surface area contributed by atoms with E-state index in [1.165, 1.54) is 23.5 Å². The van der Waals surface area contributed by atoms with Gasteiger partial charge in [0.2, 0.25) is 0 Å². The summed E-state index contributed by atoms with van der Waals surface area (Å²) in [4.78, 5) is 23.8. The molecule has 1 aliphatic carbocycles. The molecule has 2 aliphatic rings. The van der Waals surface area contributed by atoms with Crippen molar-refractivity contribution in [3.8, 4) is 0 Å². The van der Waals surface area contributed by atoms with Crippen molar-refractivity contribution in [1.29, 1.82) is 0 Å². The lowest BCUT2D eigenvalue weighted by Crippen LogP contribution is -2.25. The Balaban J connectivity index is 1.47. The fourth-order valence-electron chi connectivity index (χ4n) is 3.25. The Morgan fingerprint density at radius 2 is 2.06 bits per heavy atom. The quantitative estimate of drug-likeness (QED) is 0.252. The van der Waals surface area contributed by atoms with Gasteiger partial charge in [-0.2, -0.15) is 0 Å². The highest BCUT2D eigenvalue weighted by Crippen LogP contribution is 2.33. The first kappa shape index (κ1) is 24.7. The molecule has 1 saturated carbocycles. The van der Waals surface area contributed by atoms with Gasteiger partial charge in [0.25, 0.3) is 5.91 Å². The van der Waals surface area contributed by atoms with Gasteiger partial charge in [0.15, 0.2) is 26.8 Å². The number of oxime groups is 1. The van der Waals surface area contributed by atoms with Gasteiger partial charge in [0.05, 0.1) is 34.8 Å². The van der Waals surface area contributed by atoms with E-state index in [4.69, 9.17) is 19.4 Å². The van der Waals surface area contributed by atoms with E-state index in [2.05, 4.69) is 15.5 Å². The van der Waals surface area contributed by atoms with Crippen molar-refractivity contribution in [3.63, 3.8) is 0 Å². The summed E-state index contributed by atoms with van der Waals surface area (Å²) in [6.45, 7) is 1.78. The van der Waals surface area contributed by atoms with Gasteiger partial charge >= 0.3 is 0 Å². The standard InChI is InChI=1S/C22H27N3O7S2/c26-9-1-10-30-14-17-12-23-22(33-17)24-21(27)20(25-32-16-8-11-31-13-16)15-2-4-18(5-3-15)34(28,29)19-6-7-19/h2-5,12,16,19,26H,1,6-11,13-14H2,(H,23,24,27)/b25-20+/t16-/m1/s1. The van der Waals surface area contributed by atoms with E-state index >= 15 is 0 Å². The largest absolute Gasteiger partial charge is 0.396 e. The number of sulfone groups is 1. The number of hydrogen-bond donors (Lipinski definition) is 2. The number of carbonyl (C=O) groups is 1. The van der Waals surface area contributed by atoms with Crippen LogP contribution in [-0.4, -0.2) is 67.9 Å². The molecule has 1 aromatic carbocycles. The van der Waals surface area contributed by atoms with Gasteiger partial charge in [-0.3, -0.25) is 10.1 Å². The van der Waals surface area contributed by atoms with Crippen molar-refractivity contribution in [2.24, 2.45) is 5.16 Å². The van der Waals surface area contributed by atoms with Crippen LogP contribution in [0.1, 0.15) is 36.1 Å². The maximum atomic E-state index is 13.1. The highest BCUT2D eigenvalue weighted by Gasteiger charge is 2.36. The highest BCUT2D eigenvalue weighted by atomic mass is 32.2. The number of carbonyl (C=O) groups excluding carboxylic acids is 1. The van der Waals surface area contributed by atoms with Crippen molar-refractivity contribution < 1.29 is 32.6 Å². The lowest BCUT2D eigenvalue weighted by atomic mass is 10.1. The number of aliphatic hydroxyl groups is 1. The lowest BCUT2D eigenvalue weighted by molar-refractivity contribution is -0.110. The monoisotopic (exact) mass is 509 g/mol.